The minimum absolute atomic E-state index is 0.000896. The van der Waals surface area contributed by atoms with Crippen LogP contribution >= 0.6 is 15.9 Å². The molecule has 5 N–H and O–H groups in total. The van der Waals surface area contributed by atoms with Crippen LogP contribution < -0.4 is 10.6 Å². The van der Waals surface area contributed by atoms with E-state index >= 15 is 0 Å². The summed E-state index contributed by atoms with van der Waals surface area (Å²) in [5, 5.41) is 35.4. The number of cyclic esters (lactones) is 1. The van der Waals surface area contributed by atoms with Crippen molar-refractivity contribution in [3.05, 3.63) is 39.9 Å². The molecule has 0 aromatic heterocycles. The van der Waals surface area contributed by atoms with Crippen molar-refractivity contribution in [1.29, 1.82) is 0 Å². The number of halogens is 1. The number of likely N-dealkylation sites (N-methyl/N-ethyl adjacent to an activating group) is 1. The molecule has 1 unspecified atom stereocenters. The lowest BCUT2D eigenvalue weighted by Gasteiger charge is -2.32. The zero-order valence-electron chi connectivity index (χ0n) is 24.4. The molecule has 3 amide bonds. The SMILES string of the molecule is C/C1=C\[C@H](C)C[C@H](C)OC(=O)[C@H]([C@@H](C)O)NC(=O)[C@@H](Cc2ccc(O)c(Br)c2)N(C)C(=O)C(CO)NC(=O)[C@@H](C)C1. The molecule has 2 rings (SSSR count). The van der Waals surface area contributed by atoms with Crippen LogP contribution in [0.1, 0.15) is 53.0 Å². The van der Waals surface area contributed by atoms with Crippen LogP contribution in [-0.4, -0.2) is 87.9 Å². The lowest BCUT2D eigenvalue weighted by atomic mass is 9.95. The third-order valence-electron chi connectivity index (χ3n) is 7.06. The van der Waals surface area contributed by atoms with Gasteiger partial charge in [-0.1, -0.05) is 31.6 Å². The molecule has 1 aromatic carbocycles. The number of carbonyl (C=O) groups is 4. The molecular formula is C29H42BrN3O8. The predicted octanol–water partition coefficient (Wildman–Crippen LogP) is 1.81. The van der Waals surface area contributed by atoms with Gasteiger partial charge in [0.25, 0.3) is 0 Å². The number of benzene rings is 1. The molecule has 1 heterocycles. The minimum atomic E-state index is -1.41. The molecule has 0 fully saturated rings. The molecule has 0 saturated heterocycles. The summed E-state index contributed by atoms with van der Waals surface area (Å²) in [7, 11) is 1.35. The van der Waals surface area contributed by atoms with Gasteiger partial charge in [-0.25, -0.2) is 4.79 Å². The van der Waals surface area contributed by atoms with E-state index in [1.807, 2.05) is 19.9 Å². The van der Waals surface area contributed by atoms with Gasteiger partial charge in [0.15, 0.2) is 6.04 Å². The number of aliphatic hydroxyl groups is 2. The highest BCUT2D eigenvalue weighted by atomic mass is 79.9. The van der Waals surface area contributed by atoms with Gasteiger partial charge in [-0.2, -0.15) is 0 Å². The maximum Gasteiger partial charge on any atom is 0.331 e. The van der Waals surface area contributed by atoms with Crippen LogP contribution in [0.15, 0.2) is 34.3 Å². The number of hydrogen-bond donors (Lipinski definition) is 5. The smallest absolute Gasteiger partial charge is 0.331 e. The number of allylic oxidation sites excluding steroid dienone is 2. The van der Waals surface area contributed by atoms with Crippen LogP contribution in [-0.2, 0) is 30.3 Å². The van der Waals surface area contributed by atoms with Gasteiger partial charge in [0.05, 0.1) is 23.3 Å². The Bertz CT molecular complexity index is 1140. The second kappa shape index (κ2) is 15.3. The van der Waals surface area contributed by atoms with E-state index in [-0.39, 0.29) is 18.1 Å². The van der Waals surface area contributed by atoms with Crippen molar-refractivity contribution in [3.8, 4) is 5.75 Å². The quantitative estimate of drug-likeness (QED) is 0.246. The Morgan fingerprint density at radius 1 is 1.12 bits per heavy atom. The van der Waals surface area contributed by atoms with E-state index in [4.69, 9.17) is 4.74 Å². The molecule has 1 aliphatic rings. The largest absolute Gasteiger partial charge is 0.507 e. The van der Waals surface area contributed by atoms with Gasteiger partial charge < -0.3 is 35.6 Å². The summed E-state index contributed by atoms with van der Waals surface area (Å²) in [4.78, 5) is 54.2. The van der Waals surface area contributed by atoms with Crippen molar-refractivity contribution < 1.29 is 39.2 Å². The summed E-state index contributed by atoms with van der Waals surface area (Å²) in [6, 6.07) is 0.618. The summed E-state index contributed by atoms with van der Waals surface area (Å²) < 4.78 is 5.94. The molecule has 0 aliphatic carbocycles. The monoisotopic (exact) mass is 639 g/mol. The summed E-state index contributed by atoms with van der Waals surface area (Å²) in [6.45, 7) is 7.93. The normalized spacial score (nSPS) is 29.8. The van der Waals surface area contributed by atoms with Gasteiger partial charge in [-0.05, 0) is 73.2 Å². The highest BCUT2D eigenvalue weighted by molar-refractivity contribution is 9.10. The number of hydrogen-bond acceptors (Lipinski definition) is 8. The maximum absolute atomic E-state index is 13.6. The lowest BCUT2D eigenvalue weighted by molar-refractivity contribution is -0.156. The number of esters is 1. The van der Waals surface area contributed by atoms with Crippen LogP contribution in [0.2, 0.25) is 0 Å². The Balaban J connectivity index is 2.52. The number of aromatic hydroxyl groups is 1. The van der Waals surface area contributed by atoms with Gasteiger partial charge in [0.2, 0.25) is 17.7 Å². The highest BCUT2D eigenvalue weighted by Crippen LogP contribution is 2.26. The second-order valence-electron chi connectivity index (χ2n) is 11.0. The molecule has 0 radical (unpaired) electrons. The first-order valence-electron chi connectivity index (χ1n) is 13.7. The average Bonchev–Trinajstić information content (AvgIpc) is 2.88. The topological polar surface area (TPSA) is 165 Å². The number of aliphatic hydroxyl groups excluding tert-OH is 2. The zero-order valence-corrected chi connectivity index (χ0v) is 26.0. The van der Waals surface area contributed by atoms with Crippen LogP contribution in [0.3, 0.4) is 0 Å². The number of carbonyl (C=O) groups excluding carboxylic acids is 4. The van der Waals surface area contributed by atoms with Crippen molar-refractivity contribution in [2.75, 3.05) is 13.7 Å². The van der Waals surface area contributed by atoms with E-state index in [2.05, 4.69) is 26.6 Å². The van der Waals surface area contributed by atoms with E-state index in [0.717, 1.165) is 10.5 Å². The van der Waals surface area contributed by atoms with E-state index in [0.29, 0.717) is 22.9 Å². The average molecular weight is 641 g/mol. The second-order valence-corrected chi connectivity index (χ2v) is 11.9. The number of nitrogens with zero attached hydrogens (tertiary/aromatic N) is 1. The summed E-state index contributed by atoms with van der Waals surface area (Å²) >= 11 is 3.24. The van der Waals surface area contributed by atoms with Crippen molar-refractivity contribution in [2.24, 2.45) is 11.8 Å². The summed E-state index contributed by atoms with van der Waals surface area (Å²) in [5.74, 6) is -3.24. The molecule has 7 atom stereocenters. The van der Waals surface area contributed by atoms with Crippen LogP contribution in [0.5, 0.6) is 5.75 Å². The Labute approximate surface area is 249 Å². The molecule has 0 spiro atoms. The fourth-order valence-electron chi connectivity index (χ4n) is 4.87. The molecule has 12 heteroatoms. The molecular weight excluding hydrogens is 598 g/mol. The Morgan fingerprint density at radius 3 is 2.37 bits per heavy atom. The molecule has 41 heavy (non-hydrogen) atoms. The number of ether oxygens (including phenoxy) is 1. The first-order chi connectivity index (χ1) is 19.1. The number of phenols is 1. The molecule has 1 aliphatic heterocycles. The van der Waals surface area contributed by atoms with Crippen molar-refractivity contribution >= 4 is 39.6 Å². The first kappa shape index (κ1) is 34.2. The molecule has 228 valence electrons. The van der Waals surface area contributed by atoms with Gasteiger partial charge in [0, 0.05) is 19.4 Å². The van der Waals surface area contributed by atoms with Crippen molar-refractivity contribution in [3.63, 3.8) is 0 Å². The fourth-order valence-corrected chi connectivity index (χ4v) is 5.30. The minimum Gasteiger partial charge on any atom is -0.507 e. The van der Waals surface area contributed by atoms with Gasteiger partial charge in [0.1, 0.15) is 17.8 Å². The Hall–Kier alpha value is -2.96. The van der Waals surface area contributed by atoms with E-state index in [9.17, 15) is 34.5 Å². The molecule has 1 aromatic rings. The lowest BCUT2D eigenvalue weighted by Crippen LogP contribution is -2.59. The third-order valence-corrected chi connectivity index (χ3v) is 7.69. The summed E-state index contributed by atoms with van der Waals surface area (Å²) in [6.07, 6.45) is 0.997. The Morgan fingerprint density at radius 2 is 1.78 bits per heavy atom. The summed E-state index contributed by atoms with van der Waals surface area (Å²) in [5.41, 5.74) is 1.51. The maximum atomic E-state index is 13.6. The molecule has 0 saturated carbocycles. The van der Waals surface area contributed by atoms with E-state index in [1.165, 1.54) is 20.0 Å². The van der Waals surface area contributed by atoms with E-state index < -0.39 is 66.5 Å². The number of amides is 3. The first-order valence-corrected chi connectivity index (χ1v) is 14.4. The van der Waals surface area contributed by atoms with Gasteiger partial charge in [-0.3, -0.25) is 14.4 Å². The number of nitrogens with one attached hydrogen (secondary N) is 2. The number of rotatable bonds is 4. The predicted molar refractivity (Wildman–Crippen MR) is 156 cm³/mol. The zero-order chi connectivity index (χ0) is 31.0. The van der Waals surface area contributed by atoms with Crippen LogP contribution in [0.4, 0.5) is 0 Å². The van der Waals surface area contributed by atoms with Crippen molar-refractivity contribution in [2.45, 2.75) is 84.2 Å². The van der Waals surface area contributed by atoms with Gasteiger partial charge in [-0.15, -0.1) is 0 Å². The van der Waals surface area contributed by atoms with E-state index in [1.54, 1.807) is 26.0 Å². The standard InChI is InChI=1S/C29H42BrN3O8/c1-15-9-16(2)11-18(4)41-29(40)25(19(5)35)32-27(38)23(13-20-7-8-24(36)21(30)12-20)33(6)28(39)22(14-34)31-26(37)17(3)10-15/h7-9,12,16-19,22-23,25,34-36H,10-11,13-14H2,1-6H3,(H,31,37)(H,32,38)/b15-9+/t16-,17-,18-,19+,22?,23+,25-/m0/s1. The third kappa shape index (κ3) is 9.82. The molecule has 11 nitrogen and oxygen atoms in total. The number of phenolic OH excluding ortho intramolecular Hbond substituents is 1. The van der Waals surface area contributed by atoms with Gasteiger partial charge >= 0.3 is 5.97 Å². The van der Waals surface area contributed by atoms with Crippen LogP contribution in [0.25, 0.3) is 0 Å². The Kier molecular flexibility index (Phi) is 12.8. The molecule has 0 bridgehead atoms. The van der Waals surface area contributed by atoms with Crippen LogP contribution in [0, 0.1) is 11.8 Å². The fraction of sp³-hybridized carbons (Fsp3) is 0.586. The highest BCUT2D eigenvalue weighted by Gasteiger charge is 2.36. The van der Waals surface area contributed by atoms with Crippen molar-refractivity contribution in [1.82, 2.24) is 15.5 Å².